The van der Waals surface area contributed by atoms with Crippen LogP contribution < -0.4 is 10.2 Å². The SMILES string of the molecule is O=C(Nc1ccc(Cl)cc1N1CCN(CCC(F)(F)F)CC1)c1ccc(CN2CCC(CO)C2)c(F)c1F. The summed E-state index contributed by atoms with van der Waals surface area (Å²) < 4.78 is 67.5. The topological polar surface area (TPSA) is 59.1 Å². The summed E-state index contributed by atoms with van der Waals surface area (Å²) >= 11 is 6.17. The second kappa shape index (κ2) is 12.1. The fraction of sp³-hybridized carbons (Fsp3) is 0.500. The number of benzene rings is 2. The van der Waals surface area contributed by atoms with Gasteiger partial charge in [0.25, 0.3) is 5.91 Å². The molecule has 4 rings (SSSR count). The lowest BCUT2D eigenvalue weighted by molar-refractivity contribution is -0.138. The minimum absolute atomic E-state index is 0.0485. The van der Waals surface area contributed by atoms with E-state index < -0.39 is 35.7 Å². The lowest BCUT2D eigenvalue weighted by Crippen LogP contribution is -2.47. The first-order valence-electron chi connectivity index (χ1n) is 12.5. The summed E-state index contributed by atoms with van der Waals surface area (Å²) in [6.07, 6.45) is -4.31. The van der Waals surface area contributed by atoms with Crippen molar-refractivity contribution in [1.29, 1.82) is 0 Å². The normalized spacial score (nSPS) is 19.2. The molecule has 1 amide bonds. The first kappa shape index (κ1) is 28.5. The number of alkyl halides is 3. The Morgan fingerprint density at radius 2 is 1.76 bits per heavy atom. The molecule has 1 atom stereocenters. The number of likely N-dealkylation sites (tertiary alicyclic amines) is 1. The number of carbonyl (C=O) groups is 1. The molecule has 2 saturated heterocycles. The van der Waals surface area contributed by atoms with Crippen LogP contribution in [0.25, 0.3) is 0 Å². The number of piperazine rings is 1. The van der Waals surface area contributed by atoms with Crippen molar-refractivity contribution in [2.75, 3.05) is 62.6 Å². The zero-order valence-corrected chi connectivity index (χ0v) is 21.5. The van der Waals surface area contributed by atoms with Crippen LogP contribution in [0.2, 0.25) is 5.02 Å². The Hall–Kier alpha value is -2.47. The molecule has 0 aliphatic carbocycles. The van der Waals surface area contributed by atoms with E-state index in [4.69, 9.17) is 11.6 Å². The van der Waals surface area contributed by atoms with Crippen LogP contribution in [0.4, 0.5) is 33.3 Å². The fourth-order valence-corrected chi connectivity index (χ4v) is 5.06. The Morgan fingerprint density at radius 1 is 1.03 bits per heavy atom. The number of nitrogens with zero attached hydrogens (tertiary/aromatic N) is 3. The molecular weight excluding hydrogens is 531 g/mol. The average molecular weight is 561 g/mol. The maximum absolute atomic E-state index is 14.9. The second-order valence-corrected chi connectivity index (χ2v) is 10.2. The smallest absolute Gasteiger partial charge is 0.390 e. The van der Waals surface area contributed by atoms with E-state index in [0.29, 0.717) is 55.7 Å². The molecule has 12 heteroatoms. The Labute approximate surface area is 223 Å². The highest BCUT2D eigenvalue weighted by Crippen LogP contribution is 2.32. The summed E-state index contributed by atoms with van der Waals surface area (Å²) in [6.45, 7) is 3.01. The summed E-state index contributed by atoms with van der Waals surface area (Å²) in [7, 11) is 0. The molecule has 2 fully saturated rings. The standard InChI is InChI=1S/C26H30ClF5N4O2/c27-19-2-4-21(22(13-19)36-11-9-34(10-12-36)8-6-26(30,31)32)33-25(38)20-3-1-18(23(28)24(20)29)15-35-7-5-17(14-35)16-37/h1-4,13,17,37H,5-12,14-16H2,(H,33,38). The number of amides is 1. The van der Waals surface area contributed by atoms with E-state index in [-0.39, 0.29) is 31.2 Å². The average Bonchev–Trinajstić information content (AvgIpc) is 3.34. The van der Waals surface area contributed by atoms with Gasteiger partial charge >= 0.3 is 6.18 Å². The van der Waals surface area contributed by atoms with Crippen LogP contribution >= 0.6 is 11.6 Å². The van der Waals surface area contributed by atoms with Gasteiger partial charge in [0.2, 0.25) is 0 Å². The van der Waals surface area contributed by atoms with Crippen LogP contribution in [-0.4, -0.2) is 79.4 Å². The molecule has 2 aromatic carbocycles. The molecule has 38 heavy (non-hydrogen) atoms. The Kier molecular flexibility index (Phi) is 9.12. The van der Waals surface area contributed by atoms with Crippen molar-refractivity contribution in [2.24, 2.45) is 5.92 Å². The number of hydrogen-bond donors (Lipinski definition) is 2. The maximum atomic E-state index is 14.9. The molecule has 2 heterocycles. The zero-order chi connectivity index (χ0) is 27.4. The van der Waals surface area contributed by atoms with Gasteiger partial charge in [-0.3, -0.25) is 14.6 Å². The number of carbonyl (C=O) groups excluding carboxylic acids is 1. The van der Waals surface area contributed by atoms with E-state index in [2.05, 4.69) is 5.32 Å². The van der Waals surface area contributed by atoms with Crippen LogP contribution in [0.5, 0.6) is 0 Å². The molecule has 0 aromatic heterocycles. The van der Waals surface area contributed by atoms with Gasteiger partial charge in [0.1, 0.15) is 0 Å². The van der Waals surface area contributed by atoms with Gasteiger partial charge in [-0.25, -0.2) is 8.78 Å². The van der Waals surface area contributed by atoms with Gasteiger partial charge in [-0.15, -0.1) is 0 Å². The van der Waals surface area contributed by atoms with Gasteiger partial charge in [-0.05, 0) is 43.1 Å². The van der Waals surface area contributed by atoms with Gasteiger partial charge in [-0.2, -0.15) is 13.2 Å². The van der Waals surface area contributed by atoms with Crippen LogP contribution in [0.1, 0.15) is 28.8 Å². The summed E-state index contributed by atoms with van der Waals surface area (Å²) in [5.41, 5.74) is 0.567. The second-order valence-electron chi connectivity index (χ2n) is 9.78. The number of aliphatic hydroxyl groups excluding tert-OH is 1. The van der Waals surface area contributed by atoms with Crippen molar-refractivity contribution >= 4 is 28.9 Å². The number of halogens is 6. The predicted molar refractivity (Wildman–Crippen MR) is 136 cm³/mol. The Morgan fingerprint density at radius 3 is 2.42 bits per heavy atom. The Bertz CT molecular complexity index is 1140. The molecular formula is C26H30ClF5N4O2. The molecule has 0 bridgehead atoms. The van der Waals surface area contributed by atoms with Crippen molar-refractivity contribution in [3.8, 4) is 0 Å². The summed E-state index contributed by atoms with van der Waals surface area (Å²) in [5.74, 6) is -3.05. The summed E-state index contributed by atoms with van der Waals surface area (Å²) in [5, 5.41) is 12.3. The van der Waals surface area contributed by atoms with Crippen LogP contribution in [0.15, 0.2) is 30.3 Å². The lowest BCUT2D eigenvalue weighted by Gasteiger charge is -2.37. The molecule has 208 valence electrons. The monoisotopic (exact) mass is 560 g/mol. The van der Waals surface area contributed by atoms with Crippen molar-refractivity contribution in [1.82, 2.24) is 9.80 Å². The summed E-state index contributed by atoms with van der Waals surface area (Å²) in [4.78, 5) is 18.5. The van der Waals surface area contributed by atoms with E-state index in [9.17, 15) is 31.9 Å². The number of hydrogen-bond acceptors (Lipinski definition) is 5. The van der Waals surface area contributed by atoms with Crippen LogP contribution in [0.3, 0.4) is 0 Å². The number of aliphatic hydroxyl groups is 1. The van der Waals surface area contributed by atoms with Crippen LogP contribution in [0, 0.1) is 17.6 Å². The van der Waals surface area contributed by atoms with E-state index in [1.54, 1.807) is 23.1 Å². The first-order valence-corrected chi connectivity index (χ1v) is 12.9. The van der Waals surface area contributed by atoms with Crippen LogP contribution in [-0.2, 0) is 6.54 Å². The first-order chi connectivity index (χ1) is 18.0. The molecule has 2 N–H and O–H groups in total. The Balaban J connectivity index is 1.43. The van der Waals surface area contributed by atoms with E-state index in [1.165, 1.54) is 12.1 Å². The van der Waals surface area contributed by atoms with Crippen molar-refractivity contribution < 1.29 is 31.9 Å². The number of anilines is 2. The zero-order valence-electron chi connectivity index (χ0n) is 20.7. The van der Waals surface area contributed by atoms with Crippen molar-refractivity contribution in [3.05, 3.63) is 58.1 Å². The summed E-state index contributed by atoms with van der Waals surface area (Å²) in [6, 6.07) is 7.37. The van der Waals surface area contributed by atoms with Crippen molar-refractivity contribution in [2.45, 2.75) is 25.6 Å². The van der Waals surface area contributed by atoms with Gasteiger partial charge in [0, 0.05) is 63.0 Å². The molecule has 0 saturated carbocycles. The third-order valence-corrected chi connectivity index (χ3v) is 7.30. The maximum Gasteiger partial charge on any atom is 0.390 e. The van der Waals surface area contributed by atoms with Gasteiger partial charge in [0.05, 0.1) is 23.4 Å². The third-order valence-electron chi connectivity index (χ3n) is 7.06. The minimum Gasteiger partial charge on any atom is -0.396 e. The minimum atomic E-state index is -4.22. The molecule has 2 aromatic rings. The van der Waals surface area contributed by atoms with E-state index in [0.717, 1.165) is 6.42 Å². The number of nitrogens with one attached hydrogen (secondary N) is 1. The predicted octanol–water partition coefficient (Wildman–Crippen LogP) is 4.76. The molecule has 0 radical (unpaired) electrons. The molecule has 2 aliphatic heterocycles. The molecule has 6 nitrogen and oxygen atoms in total. The molecule has 0 spiro atoms. The molecule has 1 unspecified atom stereocenters. The van der Waals surface area contributed by atoms with Gasteiger partial charge < -0.3 is 15.3 Å². The van der Waals surface area contributed by atoms with E-state index in [1.807, 2.05) is 9.80 Å². The highest BCUT2D eigenvalue weighted by Gasteiger charge is 2.29. The van der Waals surface area contributed by atoms with Crippen molar-refractivity contribution in [3.63, 3.8) is 0 Å². The lowest BCUT2D eigenvalue weighted by atomic mass is 10.1. The quantitative estimate of drug-likeness (QED) is 0.456. The largest absolute Gasteiger partial charge is 0.396 e. The fourth-order valence-electron chi connectivity index (χ4n) is 4.89. The highest BCUT2D eigenvalue weighted by molar-refractivity contribution is 6.31. The van der Waals surface area contributed by atoms with Gasteiger partial charge in [0.15, 0.2) is 11.6 Å². The molecule has 2 aliphatic rings. The number of rotatable bonds is 8. The van der Waals surface area contributed by atoms with Gasteiger partial charge in [-0.1, -0.05) is 17.7 Å². The third kappa shape index (κ3) is 7.13. The highest BCUT2D eigenvalue weighted by atomic mass is 35.5. The van der Waals surface area contributed by atoms with E-state index >= 15 is 0 Å².